The molecule has 118 valence electrons. The minimum absolute atomic E-state index is 0.217. The van der Waals surface area contributed by atoms with Crippen molar-refractivity contribution in [3.63, 3.8) is 0 Å². The minimum atomic E-state index is -0.997. The van der Waals surface area contributed by atoms with E-state index in [-0.39, 0.29) is 5.97 Å². The van der Waals surface area contributed by atoms with Crippen molar-refractivity contribution in [1.29, 1.82) is 0 Å². The molecule has 0 spiro atoms. The zero-order valence-corrected chi connectivity index (χ0v) is 16.0. The van der Waals surface area contributed by atoms with Crippen molar-refractivity contribution in [2.75, 3.05) is 6.61 Å². The van der Waals surface area contributed by atoms with E-state index in [2.05, 4.69) is 28.4 Å². The van der Waals surface area contributed by atoms with Gasteiger partial charge in [-0.3, -0.25) is 0 Å². The first-order chi connectivity index (χ1) is 9.45. The molecule has 0 aromatic carbocycles. The van der Waals surface area contributed by atoms with E-state index in [1.54, 1.807) is 6.08 Å². The summed E-state index contributed by atoms with van der Waals surface area (Å²) in [5.41, 5.74) is 0. The lowest BCUT2D eigenvalue weighted by Gasteiger charge is -2.12. The molecule has 0 aliphatic rings. The van der Waals surface area contributed by atoms with Gasteiger partial charge in [-0.25, -0.2) is 4.79 Å². The van der Waals surface area contributed by atoms with Gasteiger partial charge in [-0.1, -0.05) is 64.1 Å². The van der Waals surface area contributed by atoms with Crippen molar-refractivity contribution in [2.24, 2.45) is 0 Å². The van der Waals surface area contributed by atoms with Crippen LogP contribution in [0.2, 0.25) is 19.1 Å². The van der Waals surface area contributed by atoms with E-state index in [0.29, 0.717) is 6.61 Å². The van der Waals surface area contributed by atoms with Crippen LogP contribution in [0.5, 0.6) is 0 Å². The van der Waals surface area contributed by atoms with Crippen LogP contribution < -0.4 is 0 Å². The van der Waals surface area contributed by atoms with Crippen LogP contribution >= 0.6 is 15.3 Å². The van der Waals surface area contributed by atoms with Crippen molar-refractivity contribution in [2.45, 2.75) is 77.4 Å². The van der Waals surface area contributed by atoms with E-state index in [1.807, 2.05) is 6.92 Å². The SMILES string of the molecule is CC=CC(=O)OCCCCCCCCCC[Si](C)(C)Br. The molecule has 0 heterocycles. The van der Waals surface area contributed by atoms with Gasteiger partial charge in [0.1, 0.15) is 6.69 Å². The number of carbonyl (C=O) groups is 1. The van der Waals surface area contributed by atoms with Gasteiger partial charge in [0.05, 0.1) is 6.61 Å². The Morgan fingerprint density at radius 1 is 1.00 bits per heavy atom. The third-order valence-corrected chi connectivity index (χ3v) is 5.94. The van der Waals surface area contributed by atoms with Gasteiger partial charge < -0.3 is 4.74 Å². The summed E-state index contributed by atoms with van der Waals surface area (Å²) >= 11 is 3.82. The van der Waals surface area contributed by atoms with E-state index in [1.165, 1.54) is 57.1 Å². The Hall–Kier alpha value is -0.0931. The third kappa shape index (κ3) is 16.0. The second-order valence-corrected chi connectivity index (χ2v) is 16.3. The molecule has 0 aliphatic carbocycles. The smallest absolute Gasteiger partial charge is 0.330 e. The lowest BCUT2D eigenvalue weighted by molar-refractivity contribution is -0.137. The molecule has 0 aromatic heterocycles. The van der Waals surface area contributed by atoms with Crippen molar-refractivity contribution in [3.8, 4) is 0 Å². The molecule has 0 radical (unpaired) electrons. The summed E-state index contributed by atoms with van der Waals surface area (Å²) in [6, 6.07) is 1.39. The molecule has 0 bridgehead atoms. The van der Waals surface area contributed by atoms with E-state index < -0.39 is 6.69 Å². The number of carbonyl (C=O) groups excluding carboxylic acids is 1. The first kappa shape index (κ1) is 19.9. The molecule has 2 nitrogen and oxygen atoms in total. The van der Waals surface area contributed by atoms with Crippen LogP contribution in [0.1, 0.15) is 58.3 Å². The Bertz CT molecular complexity index is 272. The Balaban J connectivity index is 3.16. The fourth-order valence-corrected chi connectivity index (χ4v) is 4.00. The van der Waals surface area contributed by atoms with Crippen LogP contribution in [-0.4, -0.2) is 19.3 Å². The Labute approximate surface area is 133 Å². The maximum absolute atomic E-state index is 11.0. The van der Waals surface area contributed by atoms with Crippen molar-refractivity contribution in [1.82, 2.24) is 0 Å². The summed E-state index contributed by atoms with van der Waals surface area (Å²) in [6.45, 7) is 6.13. The molecule has 0 saturated heterocycles. The number of esters is 1. The number of rotatable bonds is 12. The average Bonchev–Trinajstić information content (AvgIpc) is 2.35. The van der Waals surface area contributed by atoms with Gasteiger partial charge in [0.2, 0.25) is 0 Å². The summed E-state index contributed by atoms with van der Waals surface area (Å²) in [4.78, 5) is 11.0. The molecule has 20 heavy (non-hydrogen) atoms. The van der Waals surface area contributed by atoms with Gasteiger partial charge >= 0.3 is 5.97 Å². The number of hydrogen-bond acceptors (Lipinski definition) is 2. The van der Waals surface area contributed by atoms with Gasteiger partial charge in [-0.2, -0.15) is 0 Å². The number of hydrogen-bond donors (Lipinski definition) is 0. The van der Waals surface area contributed by atoms with Crippen LogP contribution in [0.25, 0.3) is 0 Å². The predicted molar refractivity (Wildman–Crippen MR) is 93.9 cm³/mol. The molecule has 0 N–H and O–H groups in total. The molecule has 0 atom stereocenters. The molecular weight excluding hydrogens is 332 g/mol. The summed E-state index contributed by atoms with van der Waals surface area (Å²) < 4.78 is 5.05. The second-order valence-electron chi connectivity index (χ2n) is 5.96. The van der Waals surface area contributed by atoms with Gasteiger partial charge in [-0.05, 0) is 19.4 Å². The van der Waals surface area contributed by atoms with Gasteiger partial charge in [0, 0.05) is 6.08 Å². The lowest BCUT2D eigenvalue weighted by Crippen LogP contribution is -2.13. The molecule has 0 aliphatic heterocycles. The van der Waals surface area contributed by atoms with Crippen LogP contribution in [0.15, 0.2) is 12.2 Å². The molecule has 0 fully saturated rings. The fourth-order valence-electron chi connectivity index (χ4n) is 2.07. The molecule has 0 rings (SSSR count). The van der Waals surface area contributed by atoms with Gasteiger partial charge in [-0.15, -0.1) is 15.3 Å². The Kier molecular flexibility index (Phi) is 12.6. The number of allylic oxidation sites excluding steroid dienone is 1. The molecular formula is C16H31BrO2Si. The molecule has 0 saturated carbocycles. The number of unbranched alkanes of at least 4 members (excludes halogenated alkanes) is 7. The van der Waals surface area contributed by atoms with Crippen LogP contribution in [0.4, 0.5) is 0 Å². The molecule has 0 aromatic rings. The average molecular weight is 363 g/mol. The third-order valence-electron chi connectivity index (χ3n) is 3.21. The van der Waals surface area contributed by atoms with Crippen LogP contribution in [0.3, 0.4) is 0 Å². The highest BCUT2D eigenvalue weighted by Crippen LogP contribution is 2.21. The largest absolute Gasteiger partial charge is 0.463 e. The Morgan fingerprint density at radius 3 is 2.00 bits per heavy atom. The molecule has 4 heteroatoms. The maximum atomic E-state index is 11.0. The van der Waals surface area contributed by atoms with Crippen molar-refractivity contribution >= 4 is 28.0 Å². The first-order valence-electron chi connectivity index (χ1n) is 7.94. The monoisotopic (exact) mass is 362 g/mol. The summed E-state index contributed by atoms with van der Waals surface area (Å²) in [7, 11) is 0. The highest BCUT2D eigenvalue weighted by Gasteiger charge is 2.14. The maximum Gasteiger partial charge on any atom is 0.330 e. The topological polar surface area (TPSA) is 26.3 Å². The zero-order valence-electron chi connectivity index (χ0n) is 13.4. The van der Waals surface area contributed by atoms with Crippen LogP contribution in [0, 0.1) is 0 Å². The summed E-state index contributed by atoms with van der Waals surface area (Å²) in [5, 5.41) is 0. The van der Waals surface area contributed by atoms with Gasteiger partial charge in [0.25, 0.3) is 0 Å². The normalized spacial score (nSPS) is 12.0. The van der Waals surface area contributed by atoms with Crippen LogP contribution in [-0.2, 0) is 9.53 Å². The van der Waals surface area contributed by atoms with Gasteiger partial charge in [0.15, 0.2) is 0 Å². The summed E-state index contributed by atoms with van der Waals surface area (Å²) in [6.07, 6.45) is 13.4. The van der Waals surface area contributed by atoms with E-state index in [0.717, 1.165) is 6.42 Å². The highest BCUT2D eigenvalue weighted by molar-refractivity contribution is 9.26. The van der Waals surface area contributed by atoms with E-state index >= 15 is 0 Å². The van der Waals surface area contributed by atoms with Crippen molar-refractivity contribution in [3.05, 3.63) is 12.2 Å². The highest BCUT2D eigenvalue weighted by atomic mass is 79.9. The second kappa shape index (κ2) is 12.6. The lowest BCUT2D eigenvalue weighted by atomic mass is 10.1. The Morgan fingerprint density at radius 2 is 1.50 bits per heavy atom. The number of halogens is 1. The predicted octanol–water partition coefficient (Wildman–Crippen LogP) is 5.83. The number of ether oxygens (including phenoxy) is 1. The molecule has 0 amide bonds. The van der Waals surface area contributed by atoms with E-state index in [9.17, 15) is 4.79 Å². The van der Waals surface area contributed by atoms with Crippen molar-refractivity contribution < 1.29 is 9.53 Å². The summed E-state index contributed by atoms with van der Waals surface area (Å²) in [5.74, 6) is -0.217. The zero-order chi connectivity index (χ0) is 15.3. The van der Waals surface area contributed by atoms with E-state index in [4.69, 9.17) is 4.74 Å². The standard InChI is InChI=1S/C16H31BrO2Si/c1-4-13-16(18)19-14-11-9-7-5-6-8-10-12-15-20(2,3)17/h4,13H,5-12,14-15H2,1-3H3. The first-order valence-corrected chi connectivity index (χ1v) is 13.4. The quantitative estimate of drug-likeness (QED) is 0.143. The molecule has 0 unspecified atom stereocenters. The fraction of sp³-hybridized carbons (Fsp3) is 0.812. The minimum Gasteiger partial charge on any atom is -0.463 e.